The van der Waals surface area contributed by atoms with Crippen molar-refractivity contribution in [3.05, 3.63) is 11.1 Å². The first kappa shape index (κ1) is 14.8. The highest BCUT2D eigenvalue weighted by molar-refractivity contribution is 7.15. The molecule has 1 aliphatic heterocycles. The fourth-order valence-electron chi connectivity index (χ4n) is 2.59. The number of carboxylic acids is 1. The number of likely N-dealkylation sites (tertiary alicyclic amines) is 1. The first-order valence-electron chi connectivity index (χ1n) is 6.68. The van der Waals surface area contributed by atoms with Crippen molar-refractivity contribution in [1.29, 1.82) is 0 Å². The molecule has 20 heavy (non-hydrogen) atoms. The third-order valence-electron chi connectivity index (χ3n) is 3.66. The zero-order chi connectivity index (χ0) is 14.8. The maximum Gasteiger partial charge on any atom is 0.323 e. The summed E-state index contributed by atoms with van der Waals surface area (Å²) in [4.78, 5) is 30.3. The van der Waals surface area contributed by atoms with Crippen LogP contribution in [0.25, 0.3) is 0 Å². The molecule has 1 aliphatic rings. The number of carbonyl (C=O) groups excluding carboxylic acids is 1. The molecule has 1 fully saturated rings. The normalized spacial score (nSPS) is 22.0. The van der Waals surface area contributed by atoms with Crippen LogP contribution in [0.4, 0.5) is 9.93 Å². The number of rotatable bonds is 4. The van der Waals surface area contributed by atoms with Crippen LogP contribution in [-0.4, -0.2) is 40.1 Å². The number of aryl methyl sites for hydroxylation is 1. The molecule has 0 aliphatic carbocycles. The molecule has 2 amide bonds. The number of carbonyl (C=O) groups is 2. The Kier molecular flexibility index (Phi) is 4.27. The molecule has 6 nitrogen and oxygen atoms in total. The molecule has 1 aromatic rings. The van der Waals surface area contributed by atoms with E-state index in [-0.39, 0.29) is 12.6 Å². The van der Waals surface area contributed by atoms with Gasteiger partial charge in [0.15, 0.2) is 5.13 Å². The van der Waals surface area contributed by atoms with Gasteiger partial charge >= 0.3 is 12.0 Å². The third-order valence-corrected chi connectivity index (χ3v) is 4.49. The number of nitrogens with one attached hydrogen (secondary N) is 1. The molecule has 1 unspecified atom stereocenters. The van der Waals surface area contributed by atoms with Gasteiger partial charge < -0.3 is 10.0 Å². The monoisotopic (exact) mass is 297 g/mol. The van der Waals surface area contributed by atoms with Gasteiger partial charge in [0.2, 0.25) is 0 Å². The van der Waals surface area contributed by atoms with Crippen LogP contribution in [0.2, 0.25) is 0 Å². The summed E-state index contributed by atoms with van der Waals surface area (Å²) in [5.41, 5.74) is -0.787. The van der Waals surface area contributed by atoms with Crippen molar-refractivity contribution in [3.63, 3.8) is 0 Å². The van der Waals surface area contributed by atoms with Crippen molar-refractivity contribution in [2.75, 3.05) is 18.4 Å². The number of thiazole rings is 1. The van der Waals surface area contributed by atoms with Gasteiger partial charge in [0.1, 0.15) is 0 Å². The number of hydrogen-bond acceptors (Lipinski definition) is 4. The molecule has 1 aromatic heterocycles. The highest BCUT2D eigenvalue weighted by atomic mass is 32.1. The highest BCUT2D eigenvalue weighted by Gasteiger charge is 2.45. The van der Waals surface area contributed by atoms with E-state index in [2.05, 4.69) is 10.3 Å². The van der Waals surface area contributed by atoms with Crippen LogP contribution in [0.15, 0.2) is 6.20 Å². The van der Waals surface area contributed by atoms with Gasteiger partial charge in [-0.15, -0.1) is 11.3 Å². The maximum atomic E-state index is 12.1. The molecule has 0 bridgehead atoms. The van der Waals surface area contributed by atoms with E-state index in [1.165, 1.54) is 11.3 Å². The van der Waals surface area contributed by atoms with E-state index in [1.807, 2.05) is 13.8 Å². The van der Waals surface area contributed by atoms with Gasteiger partial charge in [0.25, 0.3) is 0 Å². The first-order chi connectivity index (χ1) is 9.47. The Labute approximate surface area is 121 Å². The molecular formula is C13H19N3O3S. The summed E-state index contributed by atoms with van der Waals surface area (Å²) in [7, 11) is 0. The second-order valence-electron chi connectivity index (χ2n) is 5.21. The number of aliphatic carboxylic acids is 1. The lowest BCUT2D eigenvalue weighted by Crippen LogP contribution is -2.38. The van der Waals surface area contributed by atoms with Crippen LogP contribution in [0.3, 0.4) is 0 Å². The third kappa shape index (κ3) is 2.92. The number of aromatic nitrogens is 1. The second kappa shape index (κ2) is 5.78. The first-order valence-corrected chi connectivity index (χ1v) is 7.50. The lowest BCUT2D eigenvalue weighted by Gasteiger charge is -2.24. The van der Waals surface area contributed by atoms with E-state index in [4.69, 9.17) is 0 Å². The minimum atomic E-state index is -0.806. The van der Waals surface area contributed by atoms with Crippen molar-refractivity contribution in [2.45, 2.75) is 33.1 Å². The zero-order valence-electron chi connectivity index (χ0n) is 11.7. The number of urea groups is 1. The Morgan fingerprint density at radius 1 is 1.60 bits per heavy atom. The Balaban J connectivity index is 2.01. The average Bonchev–Trinajstić information content (AvgIpc) is 2.98. The molecule has 0 spiro atoms. The zero-order valence-corrected chi connectivity index (χ0v) is 12.5. The summed E-state index contributed by atoms with van der Waals surface area (Å²) in [6, 6.07) is -0.265. The predicted octanol–water partition coefficient (Wildman–Crippen LogP) is 2.56. The Bertz CT molecular complexity index is 517. The topological polar surface area (TPSA) is 82.5 Å². The molecule has 2 heterocycles. The van der Waals surface area contributed by atoms with Gasteiger partial charge in [-0.3, -0.25) is 10.1 Å². The summed E-state index contributed by atoms with van der Waals surface area (Å²) in [5, 5.41) is 12.7. The lowest BCUT2D eigenvalue weighted by atomic mass is 9.83. The molecule has 0 aromatic carbocycles. The van der Waals surface area contributed by atoms with Crippen LogP contribution in [0.1, 0.15) is 31.1 Å². The lowest BCUT2D eigenvalue weighted by molar-refractivity contribution is -0.148. The highest BCUT2D eigenvalue weighted by Crippen LogP contribution is 2.35. The molecule has 0 saturated carbocycles. The van der Waals surface area contributed by atoms with Gasteiger partial charge in [0.05, 0.1) is 5.41 Å². The van der Waals surface area contributed by atoms with E-state index in [0.29, 0.717) is 24.5 Å². The quantitative estimate of drug-likeness (QED) is 0.894. The van der Waals surface area contributed by atoms with Crippen molar-refractivity contribution < 1.29 is 14.7 Å². The Morgan fingerprint density at radius 2 is 2.35 bits per heavy atom. The van der Waals surface area contributed by atoms with E-state index < -0.39 is 11.4 Å². The average molecular weight is 297 g/mol. The smallest absolute Gasteiger partial charge is 0.323 e. The summed E-state index contributed by atoms with van der Waals surface area (Å²) >= 11 is 1.41. The summed E-state index contributed by atoms with van der Waals surface area (Å²) in [6.07, 6.45) is 3.61. The summed E-state index contributed by atoms with van der Waals surface area (Å²) in [6.45, 7) is 4.63. The fraction of sp³-hybridized carbons (Fsp3) is 0.615. The number of hydrogen-bond donors (Lipinski definition) is 2. The van der Waals surface area contributed by atoms with Gasteiger partial charge in [-0.05, 0) is 19.8 Å². The van der Waals surface area contributed by atoms with Crippen molar-refractivity contribution >= 4 is 28.5 Å². The largest absolute Gasteiger partial charge is 0.481 e. The SMILES string of the molecule is CCCC1(C(=O)O)CCN(C(=O)Nc2ncc(C)s2)C1. The molecule has 0 radical (unpaired) electrons. The van der Waals surface area contributed by atoms with Crippen LogP contribution in [0, 0.1) is 12.3 Å². The van der Waals surface area contributed by atoms with Crippen LogP contribution in [0.5, 0.6) is 0 Å². The minimum absolute atomic E-state index is 0.265. The summed E-state index contributed by atoms with van der Waals surface area (Å²) in [5.74, 6) is -0.806. The summed E-state index contributed by atoms with van der Waals surface area (Å²) < 4.78 is 0. The van der Waals surface area contributed by atoms with Crippen molar-refractivity contribution in [1.82, 2.24) is 9.88 Å². The maximum absolute atomic E-state index is 12.1. The van der Waals surface area contributed by atoms with E-state index >= 15 is 0 Å². The van der Waals surface area contributed by atoms with E-state index in [1.54, 1.807) is 11.1 Å². The Hall–Kier alpha value is -1.63. The number of nitrogens with zero attached hydrogens (tertiary/aromatic N) is 2. The minimum Gasteiger partial charge on any atom is -0.481 e. The molecule has 1 atom stereocenters. The van der Waals surface area contributed by atoms with Crippen molar-refractivity contribution in [3.8, 4) is 0 Å². The van der Waals surface area contributed by atoms with Crippen LogP contribution < -0.4 is 5.32 Å². The van der Waals surface area contributed by atoms with Crippen molar-refractivity contribution in [2.24, 2.45) is 5.41 Å². The van der Waals surface area contributed by atoms with E-state index in [0.717, 1.165) is 11.3 Å². The van der Waals surface area contributed by atoms with Crippen LogP contribution in [-0.2, 0) is 4.79 Å². The van der Waals surface area contributed by atoms with Crippen LogP contribution >= 0.6 is 11.3 Å². The molecular weight excluding hydrogens is 278 g/mol. The number of anilines is 1. The van der Waals surface area contributed by atoms with Gasteiger partial charge in [-0.25, -0.2) is 9.78 Å². The predicted molar refractivity (Wildman–Crippen MR) is 77.0 cm³/mol. The standard InChI is InChI=1S/C13H19N3O3S/c1-3-4-13(10(17)18)5-6-16(8-13)12(19)15-11-14-7-9(2)20-11/h7H,3-6,8H2,1-2H3,(H,17,18)(H,14,15,19). The number of amides is 2. The second-order valence-corrected chi connectivity index (χ2v) is 6.45. The van der Waals surface area contributed by atoms with E-state index in [9.17, 15) is 14.7 Å². The number of carboxylic acid groups (broad SMARTS) is 1. The molecule has 7 heteroatoms. The fourth-order valence-corrected chi connectivity index (χ4v) is 3.25. The van der Waals surface area contributed by atoms with Gasteiger partial charge in [-0.2, -0.15) is 0 Å². The van der Waals surface area contributed by atoms with Gasteiger partial charge in [0, 0.05) is 24.2 Å². The molecule has 110 valence electrons. The molecule has 1 saturated heterocycles. The molecule has 2 N–H and O–H groups in total. The Morgan fingerprint density at radius 3 is 2.90 bits per heavy atom. The van der Waals surface area contributed by atoms with Gasteiger partial charge in [-0.1, -0.05) is 13.3 Å². The molecule has 2 rings (SSSR count).